The third-order valence-corrected chi connectivity index (χ3v) is 3.94. The van der Waals surface area contributed by atoms with Gasteiger partial charge in [0.25, 0.3) is 0 Å². The van der Waals surface area contributed by atoms with Crippen LogP contribution in [0.15, 0.2) is 35.5 Å². The van der Waals surface area contributed by atoms with Gasteiger partial charge in [-0.3, -0.25) is 4.79 Å². The molecule has 1 fully saturated rings. The number of aliphatic hydroxyl groups is 1. The summed E-state index contributed by atoms with van der Waals surface area (Å²) in [6.07, 6.45) is 2.48. The first-order chi connectivity index (χ1) is 9.25. The Kier molecular flexibility index (Phi) is 3.34. The summed E-state index contributed by atoms with van der Waals surface area (Å²) in [5, 5.41) is 14.2. The van der Waals surface area contributed by atoms with E-state index in [1.165, 1.54) is 0 Å². The van der Waals surface area contributed by atoms with Crippen molar-refractivity contribution in [3.8, 4) is 0 Å². The zero-order valence-corrected chi connectivity index (χ0v) is 10.7. The fourth-order valence-corrected chi connectivity index (χ4v) is 2.92. The van der Waals surface area contributed by atoms with Crippen molar-refractivity contribution in [1.29, 1.82) is 0 Å². The van der Waals surface area contributed by atoms with E-state index in [4.69, 9.17) is 4.84 Å². The number of Topliss-reactive ketones (excluding diaryl/α,β-unsaturated/α-hetero) is 1. The summed E-state index contributed by atoms with van der Waals surface area (Å²) in [4.78, 5) is 17.4. The summed E-state index contributed by atoms with van der Waals surface area (Å²) in [5.74, 6) is 0.149. The Balaban J connectivity index is 1.66. The summed E-state index contributed by atoms with van der Waals surface area (Å²) in [6.45, 7) is 0. The number of carbonyl (C=O) groups is 1. The molecule has 0 spiro atoms. The van der Waals surface area contributed by atoms with Gasteiger partial charge in [-0.05, 0) is 19.3 Å². The first kappa shape index (κ1) is 12.4. The van der Waals surface area contributed by atoms with Gasteiger partial charge in [-0.1, -0.05) is 35.5 Å². The summed E-state index contributed by atoms with van der Waals surface area (Å²) < 4.78 is 0. The van der Waals surface area contributed by atoms with Crippen molar-refractivity contribution in [1.82, 2.24) is 0 Å². The van der Waals surface area contributed by atoms with Crippen molar-refractivity contribution in [3.05, 3.63) is 35.9 Å². The SMILES string of the molecule is O=C(C[C@@H](O)C1=NO[C@H]2CCC[C@@H]12)c1ccccc1. The quantitative estimate of drug-likeness (QED) is 0.843. The minimum Gasteiger partial charge on any atom is -0.392 e. The highest BCUT2D eigenvalue weighted by molar-refractivity contribution is 6.01. The second-order valence-electron chi connectivity index (χ2n) is 5.21. The molecular formula is C15H17NO3. The molecule has 3 rings (SSSR count). The predicted octanol–water partition coefficient (Wildman–Crippen LogP) is 2.18. The van der Waals surface area contributed by atoms with Crippen LogP contribution in [0.3, 0.4) is 0 Å². The van der Waals surface area contributed by atoms with Gasteiger partial charge in [-0.2, -0.15) is 0 Å². The van der Waals surface area contributed by atoms with Crippen molar-refractivity contribution >= 4 is 11.5 Å². The van der Waals surface area contributed by atoms with Gasteiger partial charge in [0.05, 0.1) is 5.71 Å². The number of rotatable bonds is 4. The average Bonchev–Trinajstić information content (AvgIpc) is 3.01. The molecule has 0 amide bonds. The molecule has 4 heteroatoms. The lowest BCUT2D eigenvalue weighted by atomic mass is 9.92. The van der Waals surface area contributed by atoms with Gasteiger partial charge in [0, 0.05) is 17.9 Å². The number of nitrogens with zero attached hydrogens (tertiary/aromatic N) is 1. The summed E-state index contributed by atoms with van der Waals surface area (Å²) >= 11 is 0. The van der Waals surface area contributed by atoms with E-state index in [1.54, 1.807) is 12.1 Å². The van der Waals surface area contributed by atoms with Crippen LogP contribution in [-0.2, 0) is 4.84 Å². The number of oxime groups is 1. The molecule has 1 aromatic rings. The molecule has 0 bridgehead atoms. The van der Waals surface area contributed by atoms with E-state index >= 15 is 0 Å². The Morgan fingerprint density at radius 3 is 2.95 bits per heavy atom. The van der Waals surface area contributed by atoms with E-state index in [0.29, 0.717) is 11.3 Å². The van der Waals surface area contributed by atoms with Crippen molar-refractivity contribution in [2.75, 3.05) is 0 Å². The number of aliphatic hydroxyl groups excluding tert-OH is 1. The second kappa shape index (κ2) is 5.13. The Labute approximate surface area is 112 Å². The van der Waals surface area contributed by atoms with E-state index in [0.717, 1.165) is 19.3 Å². The number of benzene rings is 1. The molecule has 100 valence electrons. The molecule has 1 aliphatic heterocycles. The van der Waals surface area contributed by atoms with Gasteiger partial charge in [0.1, 0.15) is 12.2 Å². The third kappa shape index (κ3) is 2.40. The Bertz CT molecular complexity index is 497. The lowest BCUT2D eigenvalue weighted by Gasteiger charge is -2.14. The van der Waals surface area contributed by atoms with E-state index in [-0.39, 0.29) is 24.2 Å². The first-order valence-corrected chi connectivity index (χ1v) is 6.75. The molecule has 0 saturated heterocycles. The molecule has 1 heterocycles. The molecule has 1 aliphatic carbocycles. The highest BCUT2D eigenvalue weighted by Crippen LogP contribution is 2.35. The molecular weight excluding hydrogens is 242 g/mol. The molecule has 0 aromatic heterocycles. The number of ketones is 1. The van der Waals surface area contributed by atoms with Gasteiger partial charge in [-0.15, -0.1) is 0 Å². The third-order valence-electron chi connectivity index (χ3n) is 3.94. The molecule has 0 radical (unpaired) electrons. The summed E-state index contributed by atoms with van der Waals surface area (Å²) in [7, 11) is 0. The lowest BCUT2D eigenvalue weighted by Crippen LogP contribution is -2.30. The van der Waals surface area contributed by atoms with Crippen molar-refractivity contribution < 1.29 is 14.7 Å². The molecule has 19 heavy (non-hydrogen) atoms. The Morgan fingerprint density at radius 1 is 1.37 bits per heavy atom. The van der Waals surface area contributed by atoms with E-state index in [9.17, 15) is 9.90 Å². The van der Waals surface area contributed by atoms with Crippen LogP contribution in [0.2, 0.25) is 0 Å². The molecule has 0 unspecified atom stereocenters. The van der Waals surface area contributed by atoms with E-state index in [1.807, 2.05) is 18.2 Å². The van der Waals surface area contributed by atoms with Crippen LogP contribution < -0.4 is 0 Å². The van der Waals surface area contributed by atoms with Gasteiger partial charge >= 0.3 is 0 Å². The lowest BCUT2D eigenvalue weighted by molar-refractivity contribution is 0.0746. The molecule has 1 N–H and O–H groups in total. The number of fused-ring (bicyclic) bond motifs is 1. The van der Waals surface area contributed by atoms with E-state index < -0.39 is 6.10 Å². The largest absolute Gasteiger partial charge is 0.392 e. The van der Waals surface area contributed by atoms with Crippen LogP contribution in [0.5, 0.6) is 0 Å². The van der Waals surface area contributed by atoms with Crippen LogP contribution >= 0.6 is 0 Å². The first-order valence-electron chi connectivity index (χ1n) is 6.75. The molecule has 2 aliphatic rings. The van der Waals surface area contributed by atoms with Crippen LogP contribution in [0.1, 0.15) is 36.0 Å². The Hall–Kier alpha value is -1.68. The molecule has 1 aromatic carbocycles. The van der Waals surface area contributed by atoms with Crippen molar-refractivity contribution in [3.63, 3.8) is 0 Å². The maximum atomic E-state index is 12.0. The fourth-order valence-electron chi connectivity index (χ4n) is 2.92. The minimum absolute atomic E-state index is 0.0581. The number of carbonyl (C=O) groups excluding carboxylic acids is 1. The monoisotopic (exact) mass is 259 g/mol. The highest BCUT2D eigenvalue weighted by atomic mass is 16.6. The van der Waals surface area contributed by atoms with Gasteiger partial charge in [0.15, 0.2) is 5.78 Å². The summed E-state index contributed by atoms with van der Waals surface area (Å²) in [5.41, 5.74) is 1.29. The van der Waals surface area contributed by atoms with Crippen LogP contribution in [-0.4, -0.2) is 28.8 Å². The number of hydrogen-bond acceptors (Lipinski definition) is 4. The van der Waals surface area contributed by atoms with Crippen molar-refractivity contribution in [2.24, 2.45) is 11.1 Å². The van der Waals surface area contributed by atoms with E-state index in [2.05, 4.69) is 5.16 Å². The average molecular weight is 259 g/mol. The standard InChI is InChI=1S/C15H17NO3/c17-12(10-5-2-1-3-6-10)9-13(18)15-11-7-4-8-14(11)19-16-15/h1-3,5-6,11,13-14,18H,4,7-9H2/t11-,13-,14+/m1/s1. The molecule has 4 nitrogen and oxygen atoms in total. The molecule has 1 saturated carbocycles. The van der Waals surface area contributed by atoms with Crippen molar-refractivity contribution in [2.45, 2.75) is 37.9 Å². The number of hydrogen-bond donors (Lipinski definition) is 1. The topological polar surface area (TPSA) is 58.9 Å². The van der Waals surface area contributed by atoms with Crippen LogP contribution in [0, 0.1) is 5.92 Å². The van der Waals surface area contributed by atoms with Gasteiger partial charge in [-0.25, -0.2) is 0 Å². The normalized spacial score (nSPS) is 26.5. The van der Waals surface area contributed by atoms with Gasteiger partial charge in [0.2, 0.25) is 0 Å². The maximum absolute atomic E-state index is 12.0. The highest BCUT2D eigenvalue weighted by Gasteiger charge is 2.41. The summed E-state index contributed by atoms with van der Waals surface area (Å²) in [6, 6.07) is 9.04. The zero-order chi connectivity index (χ0) is 13.2. The van der Waals surface area contributed by atoms with Crippen LogP contribution in [0.4, 0.5) is 0 Å². The van der Waals surface area contributed by atoms with Crippen LogP contribution in [0.25, 0.3) is 0 Å². The molecule has 3 atom stereocenters. The smallest absolute Gasteiger partial charge is 0.165 e. The predicted molar refractivity (Wildman–Crippen MR) is 71.0 cm³/mol. The second-order valence-corrected chi connectivity index (χ2v) is 5.21. The minimum atomic E-state index is -0.819. The fraction of sp³-hybridized carbons (Fsp3) is 0.467. The maximum Gasteiger partial charge on any atom is 0.165 e. The Morgan fingerprint density at radius 2 is 2.16 bits per heavy atom. The van der Waals surface area contributed by atoms with Gasteiger partial charge < -0.3 is 9.94 Å². The zero-order valence-electron chi connectivity index (χ0n) is 10.7.